The van der Waals surface area contributed by atoms with Crippen LogP contribution in [-0.2, 0) is 17.8 Å². The molecule has 1 saturated heterocycles. The summed E-state index contributed by atoms with van der Waals surface area (Å²) in [5.41, 5.74) is 7.07. The molecule has 1 aliphatic heterocycles. The maximum Gasteiger partial charge on any atom is 0.227 e. The summed E-state index contributed by atoms with van der Waals surface area (Å²) in [6.07, 6.45) is 2.45. The molecule has 196 valence electrons. The number of piperazine rings is 1. The van der Waals surface area contributed by atoms with Gasteiger partial charge in [-0.2, -0.15) is 0 Å². The Morgan fingerprint density at radius 2 is 1.49 bits per heavy atom. The van der Waals surface area contributed by atoms with E-state index in [1.165, 1.54) is 12.1 Å². The number of pyridine rings is 1. The molecule has 39 heavy (non-hydrogen) atoms. The third-order valence-corrected chi connectivity index (χ3v) is 7.56. The van der Waals surface area contributed by atoms with Gasteiger partial charge in [0.25, 0.3) is 0 Å². The molecule has 0 radical (unpaired) electrons. The monoisotopic (exact) mass is 538 g/mol. The molecule has 1 fully saturated rings. The fraction of sp³-hybridized carbons (Fsp3) is 0.188. The molecule has 1 amide bonds. The van der Waals surface area contributed by atoms with Crippen molar-refractivity contribution in [1.82, 2.24) is 19.2 Å². The number of hydrogen-bond acceptors (Lipinski definition) is 3. The minimum absolute atomic E-state index is 0.0745. The first kappa shape index (κ1) is 25.3. The van der Waals surface area contributed by atoms with E-state index < -0.39 is 0 Å². The number of carbonyl (C=O) groups excluding carboxylic acids is 1. The van der Waals surface area contributed by atoms with Crippen LogP contribution < -0.4 is 0 Å². The number of rotatable bonds is 6. The molecule has 0 atom stereocenters. The zero-order chi connectivity index (χ0) is 26.8. The second kappa shape index (κ2) is 11.0. The second-order valence-electron chi connectivity index (χ2n) is 9.89. The highest BCUT2D eigenvalue weighted by Crippen LogP contribution is 2.29. The SMILES string of the molecule is O=C(Cc1ccc(F)cc1)N1CCN(Cc2c(-c3ccc(Cl)cc3)nc3ccc(-c4ccccc4)cn23)CC1. The van der Waals surface area contributed by atoms with Crippen molar-refractivity contribution in [3.8, 4) is 22.4 Å². The first-order chi connectivity index (χ1) is 19.0. The number of fused-ring (bicyclic) bond motifs is 1. The highest BCUT2D eigenvalue weighted by Gasteiger charge is 2.24. The largest absolute Gasteiger partial charge is 0.340 e. The lowest BCUT2D eigenvalue weighted by molar-refractivity contribution is -0.132. The zero-order valence-corrected chi connectivity index (χ0v) is 22.2. The predicted octanol–water partition coefficient (Wildman–Crippen LogP) is 6.35. The third kappa shape index (κ3) is 5.58. The summed E-state index contributed by atoms with van der Waals surface area (Å²) in [5, 5.41) is 0.692. The van der Waals surface area contributed by atoms with Crippen LogP contribution in [0.15, 0.2) is 97.2 Å². The Balaban J connectivity index is 1.24. The lowest BCUT2D eigenvalue weighted by atomic mass is 10.1. The van der Waals surface area contributed by atoms with Crippen LogP contribution >= 0.6 is 11.6 Å². The molecule has 0 spiro atoms. The summed E-state index contributed by atoms with van der Waals surface area (Å²) in [5.74, 6) is -0.216. The summed E-state index contributed by atoms with van der Waals surface area (Å²) in [7, 11) is 0. The lowest BCUT2D eigenvalue weighted by Gasteiger charge is -2.35. The number of nitrogens with zero attached hydrogens (tertiary/aromatic N) is 4. The highest BCUT2D eigenvalue weighted by molar-refractivity contribution is 6.30. The van der Waals surface area contributed by atoms with Gasteiger partial charge in [-0.15, -0.1) is 0 Å². The van der Waals surface area contributed by atoms with Gasteiger partial charge in [0, 0.05) is 49.5 Å². The maximum absolute atomic E-state index is 13.2. The van der Waals surface area contributed by atoms with Crippen molar-refractivity contribution in [3.05, 3.63) is 119 Å². The molecular formula is C32H28ClFN4O. The van der Waals surface area contributed by atoms with Crippen LogP contribution in [-0.4, -0.2) is 51.3 Å². The van der Waals surface area contributed by atoms with Gasteiger partial charge >= 0.3 is 0 Å². The van der Waals surface area contributed by atoms with E-state index in [0.29, 0.717) is 24.7 Å². The van der Waals surface area contributed by atoms with Crippen molar-refractivity contribution in [2.75, 3.05) is 26.2 Å². The van der Waals surface area contributed by atoms with E-state index in [1.54, 1.807) is 12.1 Å². The Bertz CT molecular complexity index is 1590. The van der Waals surface area contributed by atoms with Crippen LogP contribution in [0, 0.1) is 5.82 Å². The minimum Gasteiger partial charge on any atom is -0.340 e. The normalized spacial score (nSPS) is 14.2. The molecule has 2 aromatic heterocycles. The van der Waals surface area contributed by atoms with E-state index in [-0.39, 0.29) is 18.1 Å². The topological polar surface area (TPSA) is 40.9 Å². The second-order valence-corrected chi connectivity index (χ2v) is 10.3. The van der Waals surface area contributed by atoms with Crippen LogP contribution in [0.3, 0.4) is 0 Å². The molecule has 5 nitrogen and oxygen atoms in total. The van der Waals surface area contributed by atoms with Crippen molar-refractivity contribution >= 4 is 23.2 Å². The summed E-state index contributed by atoms with van der Waals surface area (Å²) in [6.45, 7) is 3.55. The number of imidazole rings is 1. The van der Waals surface area contributed by atoms with Gasteiger partial charge < -0.3 is 9.30 Å². The Morgan fingerprint density at radius 3 is 2.21 bits per heavy atom. The van der Waals surface area contributed by atoms with E-state index in [9.17, 15) is 9.18 Å². The minimum atomic E-state index is -0.291. The summed E-state index contributed by atoms with van der Waals surface area (Å²) in [4.78, 5) is 22.2. The average molecular weight is 539 g/mol. The van der Waals surface area contributed by atoms with Crippen LogP contribution in [0.25, 0.3) is 28.0 Å². The van der Waals surface area contributed by atoms with Crippen LogP contribution in [0.4, 0.5) is 4.39 Å². The van der Waals surface area contributed by atoms with Gasteiger partial charge in [0.2, 0.25) is 5.91 Å². The van der Waals surface area contributed by atoms with Crippen LogP contribution in [0.1, 0.15) is 11.3 Å². The molecule has 0 bridgehead atoms. The number of carbonyl (C=O) groups is 1. The Kier molecular flexibility index (Phi) is 7.14. The van der Waals surface area contributed by atoms with Gasteiger partial charge in [-0.1, -0.05) is 66.2 Å². The molecule has 5 aromatic rings. The highest BCUT2D eigenvalue weighted by atomic mass is 35.5. The molecule has 1 aliphatic rings. The predicted molar refractivity (Wildman–Crippen MR) is 153 cm³/mol. The number of aromatic nitrogens is 2. The first-order valence-corrected chi connectivity index (χ1v) is 13.5. The quantitative estimate of drug-likeness (QED) is 0.253. The van der Waals surface area contributed by atoms with Gasteiger partial charge in [0.05, 0.1) is 17.8 Å². The molecule has 0 N–H and O–H groups in total. The standard InChI is InChI=1S/C32H28ClFN4O/c33-27-11-8-25(9-12-27)32-29(38-21-26(10-15-30(38)35-32)24-4-2-1-3-5-24)22-36-16-18-37(19-17-36)31(39)20-23-6-13-28(34)14-7-23/h1-15,21H,16-20,22H2. The number of halogens is 2. The molecular weight excluding hydrogens is 511 g/mol. The fourth-order valence-corrected chi connectivity index (χ4v) is 5.27. The zero-order valence-electron chi connectivity index (χ0n) is 21.4. The summed E-state index contributed by atoms with van der Waals surface area (Å²) in [6, 6.07) is 28.5. The molecule has 0 unspecified atom stereocenters. The van der Waals surface area contributed by atoms with Crippen molar-refractivity contribution < 1.29 is 9.18 Å². The molecule has 3 aromatic carbocycles. The number of hydrogen-bond donors (Lipinski definition) is 0. The molecule has 0 aliphatic carbocycles. The average Bonchev–Trinajstić information content (AvgIpc) is 3.33. The van der Waals surface area contributed by atoms with Crippen molar-refractivity contribution in [2.24, 2.45) is 0 Å². The third-order valence-electron chi connectivity index (χ3n) is 7.31. The van der Waals surface area contributed by atoms with E-state index in [4.69, 9.17) is 16.6 Å². The smallest absolute Gasteiger partial charge is 0.227 e. The van der Waals surface area contributed by atoms with Gasteiger partial charge in [0.15, 0.2) is 0 Å². The van der Waals surface area contributed by atoms with E-state index in [0.717, 1.165) is 52.4 Å². The van der Waals surface area contributed by atoms with Gasteiger partial charge in [-0.05, 0) is 53.1 Å². The molecule has 6 rings (SSSR count). The van der Waals surface area contributed by atoms with Gasteiger partial charge in [-0.25, -0.2) is 9.37 Å². The summed E-state index contributed by atoms with van der Waals surface area (Å²) < 4.78 is 15.4. The van der Waals surface area contributed by atoms with Crippen molar-refractivity contribution in [3.63, 3.8) is 0 Å². The first-order valence-electron chi connectivity index (χ1n) is 13.1. The van der Waals surface area contributed by atoms with E-state index in [1.807, 2.05) is 47.4 Å². The van der Waals surface area contributed by atoms with Crippen LogP contribution in [0.5, 0.6) is 0 Å². The van der Waals surface area contributed by atoms with Gasteiger partial charge in [0.1, 0.15) is 11.5 Å². The Hall–Kier alpha value is -4.00. The number of amides is 1. The molecule has 7 heteroatoms. The number of benzene rings is 3. The lowest BCUT2D eigenvalue weighted by Crippen LogP contribution is -2.48. The Morgan fingerprint density at radius 1 is 0.795 bits per heavy atom. The maximum atomic E-state index is 13.2. The van der Waals surface area contributed by atoms with Gasteiger partial charge in [-0.3, -0.25) is 9.69 Å². The molecule has 0 saturated carbocycles. The fourth-order valence-electron chi connectivity index (χ4n) is 5.14. The molecule has 3 heterocycles. The van der Waals surface area contributed by atoms with Crippen molar-refractivity contribution in [1.29, 1.82) is 0 Å². The van der Waals surface area contributed by atoms with E-state index >= 15 is 0 Å². The van der Waals surface area contributed by atoms with E-state index in [2.05, 4.69) is 39.8 Å². The van der Waals surface area contributed by atoms with Crippen molar-refractivity contribution in [2.45, 2.75) is 13.0 Å². The summed E-state index contributed by atoms with van der Waals surface area (Å²) >= 11 is 6.18. The van der Waals surface area contributed by atoms with Crippen LogP contribution in [0.2, 0.25) is 5.02 Å². The Labute approximate surface area is 232 Å².